The van der Waals surface area contributed by atoms with Crippen LogP contribution in [0.4, 0.5) is 18.9 Å². The predicted molar refractivity (Wildman–Crippen MR) is 146 cm³/mol. The van der Waals surface area contributed by atoms with Crippen LogP contribution in [-0.2, 0) is 10.0 Å². The lowest BCUT2D eigenvalue weighted by Crippen LogP contribution is -2.54. The van der Waals surface area contributed by atoms with Gasteiger partial charge in [-0.3, -0.25) is 19.4 Å². The van der Waals surface area contributed by atoms with Gasteiger partial charge in [0.15, 0.2) is 11.6 Å². The van der Waals surface area contributed by atoms with Crippen molar-refractivity contribution in [1.82, 2.24) is 14.8 Å². The van der Waals surface area contributed by atoms with E-state index in [9.17, 15) is 26.4 Å². The number of fused-ring (bicyclic) bond motifs is 1. The lowest BCUT2D eigenvalue weighted by molar-refractivity contribution is 0.0396. The second kappa shape index (κ2) is 10.9. The fourth-order valence-electron chi connectivity index (χ4n) is 5.10. The molecule has 1 aliphatic heterocycles. The number of halogens is 3. The van der Waals surface area contributed by atoms with E-state index in [1.807, 2.05) is 11.8 Å². The number of carbonyl (C=O) groups excluding carboxylic acids is 1. The van der Waals surface area contributed by atoms with Crippen molar-refractivity contribution in [3.05, 3.63) is 102 Å². The zero-order valence-corrected chi connectivity index (χ0v) is 22.6. The van der Waals surface area contributed by atoms with E-state index in [1.165, 1.54) is 24.4 Å². The van der Waals surface area contributed by atoms with Gasteiger partial charge in [-0.25, -0.2) is 21.6 Å². The van der Waals surface area contributed by atoms with Crippen molar-refractivity contribution in [3.63, 3.8) is 0 Å². The van der Waals surface area contributed by atoms with Gasteiger partial charge in [-0.1, -0.05) is 18.2 Å². The Hall–Kier alpha value is -3.96. The molecule has 2 heterocycles. The third-order valence-corrected chi connectivity index (χ3v) is 8.65. The van der Waals surface area contributed by atoms with Crippen molar-refractivity contribution in [2.75, 3.05) is 24.4 Å². The van der Waals surface area contributed by atoms with Crippen molar-refractivity contribution in [2.45, 2.75) is 30.8 Å². The first-order chi connectivity index (χ1) is 19.1. The summed E-state index contributed by atoms with van der Waals surface area (Å²) in [5.74, 6) is -3.38. The maximum Gasteiger partial charge on any atom is 0.264 e. The number of hydrogen-bond donors (Lipinski definition) is 1. The Bertz CT molecular complexity index is 1680. The summed E-state index contributed by atoms with van der Waals surface area (Å²) in [4.78, 5) is 21.0. The Labute approximate surface area is 230 Å². The number of rotatable bonds is 6. The van der Waals surface area contributed by atoms with Crippen molar-refractivity contribution in [2.24, 2.45) is 0 Å². The maximum absolute atomic E-state index is 14.3. The SMILES string of the molecule is CC(c1c(F)ccc(F)c1F)N1CCN(C(=O)c2ccc(NS(=O)(=O)c3cccc4cccnc34)cc2)C(C)C1. The number of aromatic nitrogens is 1. The Balaban J connectivity index is 1.27. The summed E-state index contributed by atoms with van der Waals surface area (Å²) < 4.78 is 71.1. The topological polar surface area (TPSA) is 82.6 Å². The number of amides is 1. The number of piperazine rings is 1. The molecule has 4 aromatic rings. The van der Waals surface area contributed by atoms with Gasteiger partial charge in [0, 0.05) is 60.1 Å². The standard InChI is InChI=1S/C29H27F3N4O3S/c1-18-17-35(19(2)26-23(30)12-13-24(31)27(26)32)15-16-36(18)29(37)21-8-10-22(11-9-21)34-40(38,39)25-7-3-5-20-6-4-14-33-28(20)25/h3-14,18-19,34H,15-17H2,1-2H3. The molecule has 1 N–H and O–H groups in total. The number of benzene rings is 3. The molecular weight excluding hydrogens is 541 g/mol. The van der Waals surface area contributed by atoms with Gasteiger partial charge in [0.2, 0.25) is 0 Å². The van der Waals surface area contributed by atoms with Crippen LogP contribution in [0, 0.1) is 17.5 Å². The van der Waals surface area contributed by atoms with Gasteiger partial charge in [-0.15, -0.1) is 0 Å². The van der Waals surface area contributed by atoms with Crippen LogP contribution >= 0.6 is 0 Å². The number of sulfonamides is 1. The molecule has 1 aromatic heterocycles. The zero-order valence-electron chi connectivity index (χ0n) is 21.8. The number of hydrogen-bond acceptors (Lipinski definition) is 5. The molecule has 0 spiro atoms. The van der Waals surface area contributed by atoms with Crippen molar-refractivity contribution in [1.29, 1.82) is 0 Å². The molecule has 40 heavy (non-hydrogen) atoms. The lowest BCUT2D eigenvalue weighted by Gasteiger charge is -2.42. The highest BCUT2D eigenvalue weighted by Gasteiger charge is 2.33. The van der Waals surface area contributed by atoms with Crippen LogP contribution in [0.2, 0.25) is 0 Å². The van der Waals surface area contributed by atoms with E-state index >= 15 is 0 Å². The molecule has 2 atom stereocenters. The van der Waals surface area contributed by atoms with Crippen LogP contribution in [0.1, 0.15) is 35.8 Å². The van der Waals surface area contributed by atoms with E-state index < -0.39 is 33.5 Å². The van der Waals surface area contributed by atoms with Gasteiger partial charge >= 0.3 is 0 Å². The highest BCUT2D eigenvalue weighted by atomic mass is 32.2. The van der Waals surface area contributed by atoms with Gasteiger partial charge in [-0.2, -0.15) is 0 Å². The predicted octanol–water partition coefficient (Wildman–Crippen LogP) is 5.36. The Morgan fingerprint density at radius 3 is 2.40 bits per heavy atom. The normalized spacial score (nSPS) is 17.1. The molecule has 11 heteroatoms. The first-order valence-corrected chi connectivity index (χ1v) is 14.2. The lowest BCUT2D eigenvalue weighted by atomic mass is 10.0. The highest BCUT2D eigenvalue weighted by Crippen LogP contribution is 2.30. The summed E-state index contributed by atoms with van der Waals surface area (Å²) in [5, 5.41) is 0.695. The highest BCUT2D eigenvalue weighted by molar-refractivity contribution is 7.93. The number of pyridine rings is 1. The Morgan fingerprint density at radius 1 is 0.975 bits per heavy atom. The van der Waals surface area contributed by atoms with E-state index in [1.54, 1.807) is 48.2 Å². The van der Waals surface area contributed by atoms with Gasteiger partial charge in [-0.05, 0) is 62.4 Å². The maximum atomic E-state index is 14.3. The van der Waals surface area contributed by atoms with Gasteiger partial charge < -0.3 is 4.90 Å². The molecule has 1 fully saturated rings. The Morgan fingerprint density at radius 2 is 1.68 bits per heavy atom. The summed E-state index contributed by atoms with van der Waals surface area (Å²) in [5.41, 5.74) is 0.680. The molecule has 0 bridgehead atoms. The monoisotopic (exact) mass is 568 g/mol. The van der Waals surface area contributed by atoms with Crippen LogP contribution in [0.3, 0.4) is 0 Å². The molecule has 208 valence electrons. The quantitative estimate of drug-likeness (QED) is 0.317. The minimum Gasteiger partial charge on any atom is -0.333 e. The number of anilines is 1. The largest absolute Gasteiger partial charge is 0.333 e. The van der Waals surface area contributed by atoms with Crippen molar-refractivity contribution in [3.8, 4) is 0 Å². The third-order valence-electron chi connectivity index (χ3n) is 7.23. The summed E-state index contributed by atoms with van der Waals surface area (Å²) in [6.07, 6.45) is 1.53. The molecule has 1 aliphatic rings. The zero-order chi connectivity index (χ0) is 28.6. The minimum absolute atomic E-state index is 0.0460. The molecule has 0 aliphatic carbocycles. The molecule has 1 saturated heterocycles. The van der Waals surface area contributed by atoms with Crippen LogP contribution < -0.4 is 4.72 Å². The van der Waals surface area contributed by atoms with Crippen LogP contribution in [-0.4, -0.2) is 54.8 Å². The summed E-state index contributed by atoms with van der Waals surface area (Å²) in [6, 6.07) is 15.2. The van der Waals surface area contributed by atoms with Crippen molar-refractivity contribution < 1.29 is 26.4 Å². The number of carbonyl (C=O) groups is 1. The van der Waals surface area contributed by atoms with E-state index in [4.69, 9.17) is 0 Å². The average molecular weight is 569 g/mol. The molecule has 0 saturated carbocycles. The van der Waals surface area contributed by atoms with E-state index in [0.717, 1.165) is 12.1 Å². The fourth-order valence-corrected chi connectivity index (χ4v) is 6.34. The summed E-state index contributed by atoms with van der Waals surface area (Å²) >= 11 is 0. The number of nitrogens with one attached hydrogen (secondary N) is 1. The number of nitrogens with zero attached hydrogens (tertiary/aromatic N) is 3. The fraction of sp³-hybridized carbons (Fsp3) is 0.241. The van der Waals surface area contributed by atoms with Crippen LogP contribution in [0.5, 0.6) is 0 Å². The minimum atomic E-state index is -3.94. The molecular formula is C29H27F3N4O3S. The van der Waals surface area contributed by atoms with Gasteiger partial charge in [0.25, 0.3) is 15.9 Å². The third kappa shape index (κ3) is 5.26. The van der Waals surface area contributed by atoms with Crippen LogP contribution in [0.15, 0.2) is 77.8 Å². The van der Waals surface area contributed by atoms with Gasteiger partial charge in [0.1, 0.15) is 10.7 Å². The van der Waals surface area contributed by atoms with Gasteiger partial charge in [0.05, 0.1) is 5.52 Å². The summed E-state index contributed by atoms with van der Waals surface area (Å²) in [7, 11) is -3.94. The van der Waals surface area contributed by atoms with E-state index in [-0.39, 0.29) is 28.1 Å². The second-order valence-electron chi connectivity index (χ2n) is 9.79. The molecule has 2 unspecified atom stereocenters. The molecule has 7 nitrogen and oxygen atoms in total. The molecule has 1 amide bonds. The smallest absolute Gasteiger partial charge is 0.264 e. The van der Waals surface area contributed by atoms with Crippen molar-refractivity contribution >= 4 is 32.5 Å². The van der Waals surface area contributed by atoms with E-state index in [2.05, 4.69) is 9.71 Å². The molecule has 5 rings (SSSR count). The molecule has 0 radical (unpaired) electrons. The first-order valence-electron chi connectivity index (χ1n) is 12.7. The summed E-state index contributed by atoms with van der Waals surface area (Å²) in [6.45, 7) is 4.41. The van der Waals surface area contributed by atoms with E-state index in [0.29, 0.717) is 36.1 Å². The Kier molecular flexibility index (Phi) is 7.52. The second-order valence-corrected chi connectivity index (χ2v) is 11.4. The first kappa shape index (κ1) is 27.6. The van der Waals surface area contributed by atoms with Crippen LogP contribution in [0.25, 0.3) is 10.9 Å². The average Bonchev–Trinajstić information content (AvgIpc) is 2.94. The molecule has 3 aromatic carbocycles. The number of para-hydroxylation sites is 1.